The van der Waals surface area contributed by atoms with Gasteiger partial charge >= 0.3 is 0 Å². The van der Waals surface area contributed by atoms with Gasteiger partial charge in [0.05, 0.1) is 6.04 Å². The van der Waals surface area contributed by atoms with Crippen molar-refractivity contribution >= 4 is 17.7 Å². The second-order valence-electron chi connectivity index (χ2n) is 5.37. The van der Waals surface area contributed by atoms with Crippen LogP contribution in [-0.4, -0.2) is 18.2 Å². The number of halogens is 1. The first kappa shape index (κ1) is 16.3. The Kier molecular flexibility index (Phi) is 6.51. The molecule has 3 N–H and O–H groups in total. The molecule has 0 spiro atoms. The molecule has 21 heavy (non-hydrogen) atoms. The van der Waals surface area contributed by atoms with Gasteiger partial charge in [0.25, 0.3) is 0 Å². The van der Waals surface area contributed by atoms with E-state index in [2.05, 4.69) is 5.32 Å². The predicted octanol–water partition coefficient (Wildman–Crippen LogP) is 3.39. The molecule has 1 atom stereocenters. The third-order valence-electron chi connectivity index (χ3n) is 3.72. The fourth-order valence-electron chi connectivity index (χ4n) is 2.59. The number of benzene rings is 1. The summed E-state index contributed by atoms with van der Waals surface area (Å²) >= 11 is 1.53. The predicted molar refractivity (Wildman–Crippen MR) is 84.8 cm³/mol. The number of fused-ring (bicyclic) bond motifs is 1. The zero-order valence-electron chi connectivity index (χ0n) is 12.2. The number of rotatable bonds is 7. The number of carbonyl (C=O) groups excluding carboxylic acids is 1. The van der Waals surface area contributed by atoms with Crippen molar-refractivity contribution in [3.8, 4) is 0 Å². The minimum atomic E-state index is -0.182. The third-order valence-corrected chi connectivity index (χ3v) is 4.88. The number of amides is 1. The molecule has 0 radical (unpaired) electrons. The third kappa shape index (κ3) is 4.71. The van der Waals surface area contributed by atoms with E-state index in [1.165, 1.54) is 17.8 Å². The van der Waals surface area contributed by atoms with E-state index in [-0.39, 0.29) is 17.8 Å². The highest BCUT2D eigenvalue weighted by Gasteiger charge is 2.24. The highest BCUT2D eigenvalue weighted by atomic mass is 32.2. The van der Waals surface area contributed by atoms with Gasteiger partial charge in [0.1, 0.15) is 5.82 Å². The van der Waals surface area contributed by atoms with Crippen molar-refractivity contribution in [1.29, 1.82) is 0 Å². The SMILES string of the molecule is NCCCCCCC(=O)NC1CCSc2c(F)cccc21. The second-order valence-corrected chi connectivity index (χ2v) is 6.47. The molecule has 1 aliphatic heterocycles. The molecule has 3 nitrogen and oxygen atoms in total. The smallest absolute Gasteiger partial charge is 0.220 e. The van der Waals surface area contributed by atoms with Gasteiger partial charge in [-0.15, -0.1) is 11.8 Å². The largest absolute Gasteiger partial charge is 0.349 e. The topological polar surface area (TPSA) is 55.1 Å². The first-order chi connectivity index (χ1) is 10.2. The standard InChI is InChI=1S/C16H23FN2OS/c17-13-7-5-6-12-14(9-11-21-16(12)13)19-15(20)8-3-1-2-4-10-18/h5-7,14H,1-4,8-11,18H2,(H,19,20). The summed E-state index contributed by atoms with van der Waals surface area (Å²) in [4.78, 5) is 12.7. The van der Waals surface area contributed by atoms with Gasteiger partial charge < -0.3 is 11.1 Å². The molecule has 0 aliphatic carbocycles. The number of carbonyl (C=O) groups is 1. The van der Waals surface area contributed by atoms with Crippen LogP contribution in [0.4, 0.5) is 4.39 Å². The average molecular weight is 310 g/mol. The second kappa shape index (κ2) is 8.39. The van der Waals surface area contributed by atoms with E-state index in [1.54, 1.807) is 6.07 Å². The van der Waals surface area contributed by atoms with E-state index < -0.39 is 0 Å². The molecule has 0 fully saturated rings. The summed E-state index contributed by atoms with van der Waals surface area (Å²) in [5.41, 5.74) is 6.36. The molecule has 1 unspecified atom stereocenters. The van der Waals surface area contributed by atoms with Crippen molar-refractivity contribution in [1.82, 2.24) is 5.32 Å². The van der Waals surface area contributed by atoms with Crippen LogP contribution in [0.1, 0.15) is 50.1 Å². The summed E-state index contributed by atoms with van der Waals surface area (Å²) < 4.78 is 13.8. The zero-order chi connectivity index (χ0) is 15.1. The summed E-state index contributed by atoms with van der Waals surface area (Å²) in [6.45, 7) is 0.717. The van der Waals surface area contributed by atoms with Gasteiger partial charge in [0, 0.05) is 17.1 Å². The minimum Gasteiger partial charge on any atom is -0.349 e. The van der Waals surface area contributed by atoms with Crippen LogP contribution in [0.25, 0.3) is 0 Å². The minimum absolute atomic E-state index is 0.0477. The van der Waals surface area contributed by atoms with Gasteiger partial charge in [-0.1, -0.05) is 25.0 Å². The van der Waals surface area contributed by atoms with E-state index in [9.17, 15) is 9.18 Å². The lowest BCUT2D eigenvalue weighted by Crippen LogP contribution is -2.30. The van der Waals surface area contributed by atoms with E-state index >= 15 is 0 Å². The number of nitrogens with one attached hydrogen (secondary N) is 1. The Labute approximate surface area is 129 Å². The Hall–Kier alpha value is -1.07. The normalized spacial score (nSPS) is 17.3. The molecule has 0 saturated carbocycles. The lowest BCUT2D eigenvalue weighted by atomic mass is 10.0. The maximum Gasteiger partial charge on any atom is 0.220 e. The summed E-state index contributed by atoms with van der Waals surface area (Å²) in [6.07, 6.45) is 5.44. The summed E-state index contributed by atoms with van der Waals surface area (Å²) in [5, 5.41) is 3.05. The Balaban J connectivity index is 1.84. The Morgan fingerprint density at radius 3 is 2.95 bits per heavy atom. The van der Waals surface area contributed by atoms with Crippen LogP contribution < -0.4 is 11.1 Å². The van der Waals surface area contributed by atoms with Crippen molar-refractivity contribution in [3.63, 3.8) is 0 Å². The lowest BCUT2D eigenvalue weighted by Gasteiger charge is -2.26. The van der Waals surface area contributed by atoms with Gasteiger partial charge in [-0.25, -0.2) is 4.39 Å². The fourth-order valence-corrected chi connectivity index (χ4v) is 3.73. The number of thioether (sulfide) groups is 1. The van der Waals surface area contributed by atoms with Gasteiger partial charge in [-0.3, -0.25) is 4.79 Å². The monoisotopic (exact) mass is 310 g/mol. The Bertz CT molecular complexity index is 481. The van der Waals surface area contributed by atoms with Crippen LogP contribution in [0.5, 0.6) is 0 Å². The van der Waals surface area contributed by atoms with Gasteiger partial charge in [0.2, 0.25) is 5.91 Å². The van der Waals surface area contributed by atoms with E-state index in [4.69, 9.17) is 5.73 Å². The number of hydrogen-bond donors (Lipinski definition) is 2. The van der Waals surface area contributed by atoms with E-state index in [1.807, 2.05) is 6.07 Å². The van der Waals surface area contributed by atoms with Crippen LogP contribution in [0, 0.1) is 5.82 Å². The van der Waals surface area contributed by atoms with Crippen molar-refractivity contribution in [2.24, 2.45) is 5.73 Å². The quantitative estimate of drug-likeness (QED) is 0.759. The zero-order valence-corrected chi connectivity index (χ0v) is 13.1. The average Bonchev–Trinajstić information content (AvgIpc) is 2.48. The summed E-state index contributed by atoms with van der Waals surface area (Å²) in [5.74, 6) is 0.725. The van der Waals surface area contributed by atoms with Gasteiger partial charge in [0.15, 0.2) is 0 Å². The molecular formula is C16H23FN2OS. The van der Waals surface area contributed by atoms with Crippen LogP contribution in [0.15, 0.2) is 23.1 Å². The number of hydrogen-bond acceptors (Lipinski definition) is 3. The van der Waals surface area contributed by atoms with Crippen molar-refractivity contribution in [2.75, 3.05) is 12.3 Å². The Morgan fingerprint density at radius 1 is 1.33 bits per heavy atom. The van der Waals surface area contributed by atoms with Gasteiger partial charge in [-0.2, -0.15) is 0 Å². The van der Waals surface area contributed by atoms with E-state index in [0.717, 1.165) is 43.4 Å². The molecule has 2 rings (SSSR count). The van der Waals surface area contributed by atoms with Crippen LogP contribution in [0.2, 0.25) is 0 Å². The molecular weight excluding hydrogens is 287 g/mol. The molecule has 1 amide bonds. The molecule has 0 bridgehead atoms. The van der Waals surface area contributed by atoms with E-state index in [0.29, 0.717) is 17.9 Å². The number of nitrogens with two attached hydrogens (primary N) is 1. The first-order valence-corrected chi connectivity index (χ1v) is 8.61. The molecule has 0 saturated heterocycles. The highest BCUT2D eigenvalue weighted by Crippen LogP contribution is 2.37. The summed E-state index contributed by atoms with van der Waals surface area (Å²) in [7, 11) is 0. The van der Waals surface area contributed by atoms with Crippen LogP contribution in [0.3, 0.4) is 0 Å². The molecule has 0 aromatic heterocycles. The highest BCUT2D eigenvalue weighted by molar-refractivity contribution is 7.99. The van der Waals surface area contributed by atoms with Crippen molar-refractivity contribution in [3.05, 3.63) is 29.6 Å². The fraction of sp³-hybridized carbons (Fsp3) is 0.562. The Morgan fingerprint density at radius 2 is 2.14 bits per heavy atom. The van der Waals surface area contributed by atoms with Crippen molar-refractivity contribution < 1.29 is 9.18 Å². The molecule has 1 heterocycles. The summed E-state index contributed by atoms with van der Waals surface area (Å²) in [6, 6.07) is 5.06. The molecule has 1 aromatic carbocycles. The van der Waals surface area contributed by atoms with Crippen molar-refractivity contribution in [2.45, 2.75) is 49.5 Å². The number of unbranched alkanes of at least 4 members (excludes halogenated alkanes) is 3. The van der Waals surface area contributed by atoms with Crippen LogP contribution in [-0.2, 0) is 4.79 Å². The first-order valence-electron chi connectivity index (χ1n) is 7.63. The maximum absolute atomic E-state index is 13.8. The molecule has 1 aromatic rings. The van der Waals surface area contributed by atoms with Gasteiger partial charge in [-0.05, 0) is 37.4 Å². The molecule has 116 valence electrons. The maximum atomic E-state index is 13.8. The molecule has 5 heteroatoms. The lowest BCUT2D eigenvalue weighted by molar-refractivity contribution is -0.122. The van der Waals surface area contributed by atoms with Crippen LogP contribution >= 0.6 is 11.8 Å². The molecule has 1 aliphatic rings.